The average Bonchev–Trinajstić information content (AvgIpc) is 3.10. The van der Waals surface area contributed by atoms with Gasteiger partial charge in [0.2, 0.25) is 11.8 Å². The van der Waals surface area contributed by atoms with Crippen molar-refractivity contribution in [3.8, 4) is 0 Å². The molecular formula is C21H22F3N3O5S. The van der Waals surface area contributed by atoms with E-state index in [1.165, 1.54) is 0 Å². The van der Waals surface area contributed by atoms with Crippen LogP contribution in [0.2, 0.25) is 0 Å². The normalized spacial score (nSPS) is 11.0. The zero-order valence-corrected chi connectivity index (χ0v) is 19.0. The third-order valence-electron chi connectivity index (χ3n) is 4.11. The number of rotatable bonds is 7. The highest BCUT2D eigenvalue weighted by atomic mass is 32.1. The lowest BCUT2D eigenvalue weighted by Crippen LogP contribution is -2.35. The van der Waals surface area contributed by atoms with Gasteiger partial charge in [-0.3, -0.25) is 14.4 Å². The molecule has 1 aromatic heterocycles. The topological polar surface area (TPSA) is 114 Å². The first kappa shape index (κ1) is 25.8. The fourth-order valence-electron chi connectivity index (χ4n) is 2.29. The van der Waals surface area contributed by atoms with E-state index in [0.717, 1.165) is 17.4 Å². The summed E-state index contributed by atoms with van der Waals surface area (Å²) in [6.45, 7) is 5.53. The molecule has 3 amide bonds. The second-order valence-electron chi connectivity index (χ2n) is 7.95. The van der Waals surface area contributed by atoms with Crippen LogP contribution in [0.15, 0.2) is 18.2 Å². The zero-order valence-electron chi connectivity index (χ0n) is 18.2. The Hall–Kier alpha value is -3.41. The Kier molecular flexibility index (Phi) is 8.20. The second-order valence-corrected chi connectivity index (χ2v) is 9.00. The molecule has 0 saturated carbocycles. The number of anilines is 2. The molecule has 0 atom stereocenters. The van der Waals surface area contributed by atoms with Gasteiger partial charge >= 0.3 is 5.97 Å². The molecule has 0 aliphatic carbocycles. The van der Waals surface area contributed by atoms with Gasteiger partial charge in [0.05, 0.1) is 17.2 Å². The molecule has 0 unspecified atom stereocenters. The van der Waals surface area contributed by atoms with Crippen molar-refractivity contribution < 1.29 is 37.1 Å². The summed E-state index contributed by atoms with van der Waals surface area (Å²) in [5.74, 6) is -7.48. The third-order valence-corrected chi connectivity index (χ3v) is 5.24. The van der Waals surface area contributed by atoms with Crippen LogP contribution < -0.4 is 16.0 Å². The van der Waals surface area contributed by atoms with Crippen molar-refractivity contribution in [3.05, 3.63) is 46.1 Å². The van der Waals surface area contributed by atoms with Gasteiger partial charge in [0.15, 0.2) is 24.1 Å². The molecule has 2 rings (SSSR count). The van der Waals surface area contributed by atoms with E-state index in [9.17, 15) is 32.3 Å². The number of hydrogen-bond donors (Lipinski definition) is 3. The fourth-order valence-corrected chi connectivity index (χ4v) is 3.25. The van der Waals surface area contributed by atoms with E-state index in [1.807, 2.05) is 5.32 Å². The summed E-state index contributed by atoms with van der Waals surface area (Å²) in [5.41, 5.74) is -0.677. The first-order valence-corrected chi connectivity index (χ1v) is 10.4. The van der Waals surface area contributed by atoms with Crippen molar-refractivity contribution in [2.45, 2.75) is 27.7 Å². The van der Waals surface area contributed by atoms with Gasteiger partial charge in [-0.15, -0.1) is 11.3 Å². The third kappa shape index (κ3) is 7.04. The van der Waals surface area contributed by atoms with Gasteiger partial charge < -0.3 is 20.7 Å². The summed E-state index contributed by atoms with van der Waals surface area (Å²) < 4.78 is 44.6. The fraction of sp³-hybridized carbons (Fsp3) is 0.333. The Labute approximate surface area is 191 Å². The maximum atomic E-state index is 13.6. The van der Waals surface area contributed by atoms with E-state index in [2.05, 4.69) is 10.6 Å². The van der Waals surface area contributed by atoms with Crippen LogP contribution in [0.5, 0.6) is 0 Å². The van der Waals surface area contributed by atoms with E-state index in [4.69, 9.17) is 4.74 Å². The van der Waals surface area contributed by atoms with Crippen LogP contribution in [0, 0.1) is 29.8 Å². The van der Waals surface area contributed by atoms with Gasteiger partial charge in [0.1, 0.15) is 4.88 Å². The SMILES string of the molecule is Cc1cc(NC(=O)C(C)(C)C)sc1C(=O)OCC(=O)NCC(=O)Nc1ccc(F)c(F)c1F. The molecule has 1 aromatic carbocycles. The smallest absolute Gasteiger partial charge is 0.349 e. The zero-order chi connectivity index (χ0) is 24.9. The molecule has 0 fully saturated rings. The maximum Gasteiger partial charge on any atom is 0.349 e. The number of hydrogen-bond acceptors (Lipinski definition) is 6. The molecule has 0 aliphatic heterocycles. The highest BCUT2D eigenvalue weighted by Crippen LogP contribution is 2.29. The van der Waals surface area contributed by atoms with Gasteiger partial charge in [0.25, 0.3) is 5.91 Å². The molecule has 0 radical (unpaired) electrons. The summed E-state index contributed by atoms with van der Waals surface area (Å²) in [6.07, 6.45) is 0. The molecular weight excluding hydrogens is 463 g/mol. The number of thiophene rings is 1. The van der Waals surface area contributed by atoms with Gasteiger partial charge in [0, 0.05) is 5.41 Å². The van der Waals surface area contributed by atoms with Crippen LogP contribution in [0.3, 0.4) is 0 Å². The Bertz CT molecular complexity index is 1100. The highest BCUT2D eigenvalue weighted by molar-refractivity contribution is 7.18. The Balaban J connectivity index is 1.84. The van der Waals surface area contributed by atoms with E-state index in [0.29, 0.717) is 16.6 Å². The summed E-state index contributed by atoms with van der Waals surface area (Å²) in [7, 11) is 0. The maximum absolute atomic E-state index is 13.6. The number of aryl methyl sites for hydroxylation is 1. The van der Waals surface area contributed by atoms with E-state index in [1.54, 1.807) is 33.8 Å². The van der Waals surface area contributed by atoms with Gasteiger partial charge in [-0.05, 0) is 30.7 Å². The lowest BCUT2D eigenvalue weighted by atomic mass is 9.96. The molecule has 178 valence electrons. The second kappa shape index (κ2) is 10.5. The largest absolute Gasteiger partial charge is 0.451 e. The minimum absolute atomic E-state index is 0.193. The number of amides is 3. The van der Waals surface area contributed by atoms with E-state index in [-0.39, 0.29) is 10.8 Å². The lowest BCUT2D eigenvalue weighted by Gasteiger charge is -2.16. The summed E-state index contributed by atoms with van der Waals surface area (Å²) in [5, 5.41) is 7.28. The van der Waals surface area contributed by atoms with Crippen LogP contribution >= 0.6 is 11.3 Å². The number of ether oxygens (including phenoxy) is 1. The summed E-state index contributed by atoms with van der Waals surface area (Å²) >= 11 is 0.992. The first-order chi connectivity index (χ1) is 15.3. The quantitative estimate of drug-likeness (QED) is 0.411. The highest BCUT2D eigenvalue weighted by Gasteiger charge is 2.23. The lowest BCUT2D eigenvalue weighted by molar-refractivity contribution is -0.126. The summed E-state index contributed by atoms with van der Waals surface area (Å²) in [4.78, 5) is 48.1. The number of esters is 1. The van der Waals surface area contributed by atoms with Crippen LogP contribution in [0.4, 0.5) is 23.9 Å². The molecule has 8 nitrogen and oxygen atoms in total. The van der Waals surface area contributed by atoms with Gasteiger partial charge in [-0.1, -0.05) is 20.8 Å². The predicted octanol–water partition coefficient (Wildman–Crippen LogP) is 3.37. The standard InChI is InChI=1S/C21H22F3N3O5S/c1-10-7-15(27-20(31)21(2,3)4)33-18(10)19(30)32-9-14(29)25-8-13(28)26-12-6-5-11(22)16(23)17(12)24/h5-7H,8-9H2,1-4H3,(H,25,29)(H,26,28)(H,27,31). The number of nitrogens with one attached hydrogen (secondary N) is 3. The van der Waals surface area contributed by atoms with Crippen LogP contribution in [0.25, 0.3) is 0 Å². The molecule has 12 heteroatoms. The van der Waals surface area contributed by atoms with Crippen LogP contribution in [-0.2, 0) is 19.1 Å². The van der Waals surface area contributed by atoms with Crippen molar-refractivity contribution in [1.29, 1.82) is 0 Å². The van der Waals surface area contributed by atoms with E-state index < -0.39 is 59.5 Å². The molecule has 33 heavy (non-hydrogen) atoms. The monoisotopic (exact) mass is 485 g/mol. The number of carbonyl (C=O) groups is 4. The first-order valence-electron chi connectivity index (χ1n) is 9.58. The molecule has 0 spiro atoms. The molecule has 3 N–H and O–H groups in total. The predicted molar refractivity (Wildman–Crippen MR) is 115 cm³/mol. The Morgan fingerprint density at radius 2 is 1.67 bits per heavy atom. The number of halogens is 3. The molecule has 0 bridgehead atoms. The van der Waals surface area contributed by atoms with Gasteiger partial charge in [-0.25, -0.2) is 18.0 Å². The van der Waals surface area contributed by atoms with Crippen LogP contribution in [0.1, 0.15) is 36.0 Å². The average molecular weight is 485 g/mol. The minimum atomic E-state index is -1.74. The van der Waals surface area contributed by atoms with Crippen molar-refractivity contribution in [1.82, 2.24) is 5.32 Å². The molecule has 0 saturated heterocycles. The number of carbonyl (C=O) groups excluding carboxylic acids is 4. The Morgan fingerprint density at radius 3 is 2.30 bits per heavy atom. The van der Waals surface area contributed by atoms with Crippen molar-refractivity contribution in [2.24, 2.45) is 5.41 Å². The van der Waals surface area contributed by atoms with Crippen LogP contribution in [-0.4, -0.2) is 36.8 Å². The van der Waals surface area contributed by atoms with Crippen molar-refractivity contribution >= 4 is 45.7 Å². The summed E-state index contributed by atoms with van der Waals surface area (Å²) in [6, 6.07) is 3.07. The molecule has 2 aromatic rings. The van der Waals surface area contributed by atoms with Crippen molar-refractivity contribution in [3.63, 3.8) is 0 Å². The van der Waals surface area contributed by atoms with Gasteiger partial charge in [-0.2, -0.15) is 0 Å². The molecule has 0 aliphatic rings. The van der Waals surface area contributed by atoms with E-state index >= 15 is 0 Å². The number of benzene rings is 1. The van der Waals surface area contributed by atoms with Crippen molar-refractivity contribution in [2.75, 3.05) is 23.8 Å². The Morgan fingerprint density at radius 1 is 1.00 bits per heavy atom. The minimum Gasteiger partial charge on any atom is -0.451 e. The molecule has 1 heterocycles.